The monoisotopic (exact) mass is 449 g/mol. The van der Waals surface area contributed by atoms with Crippen molar-refractivity contribution < 1.29 is 4.79 Å². The fourth-order valence-corrected chi connectivity index (χ4v) is 2.67. The number of alkyl halides is 1. The van der Waals surface area contributed by atoms with E-state index in [4.69, 9.17) is 11.6 Å². The molecule has 0 fully saturated rings. The van der Waals surface area contributed by atoms with Crippen molar-refractivity contribution in [1.29, 1.82) is 0 Å². The molecule has 0 radical (unpaired) electrons. The molecule has 0 unspecified atom stereocenters. The lowest BCUT2D eigenvalue weighted by molar-refractivity contribution is 0.102. The topological polar surface area (TPSA) is 29.1 Å². The zero-order valence-electron chi connectivity index (χ0n) is 9.79. The summed E-state index contributed by atoms with van der Waals surface area (Å²) in [6, 6.07) is 13.1. The molecule has 0 aliphatic heterocycles. The van der Waals surface area contributed by atoms with Gasteiger partial charge in [-0.1, -0.05) is 28.1 Å². The Morgan fingerprint density at radius 1 is 1.21 bits per heavy atom. The van der Waals surface area contributed by atoms with Gasteiger partial charge in [-0.25, -0.2) is 0 Å². The summed E-state index contributed by atoms with van der Waals surface area (Å²) in [4.78, 5) is 12.2. The predicted molar refractivity (Wildman–Crippen MR) is 90.8 cm³/mol. The number of benzene rings is 2. The fraction of sp³-hybridized carbons (Fsp3) is 0.0714. The molecule has 0 aromatic heterocycles. The smallest absolute Gasteiger partial charge is 0.256 e. The van der Waals surface area contributed by atoms with Crippen LogP contribution in [-0.2, 0) is 5.88 Å². The van der Waals surface area contributed by atoms with Crippen LogP contribution in [0.2, 0.25) is 0 Å². The minimum Gasteiger partial charge on any atom is -0.322 e. The maximum Gasteiger partial charge on any atom is 0.256 e. The lowest BCUT2D eigenvalue weighted by atomic mass is 10.2. The summed E-state index contributed by atoms with van der Waals surface area (Å²) in [5, 5.41) is 2.87. The third kappa shape index (κ3) is 3.94. The van der Waals surface area contributed by atoms with E-state index >= 15 is 0 Å². The standard InChI is InChI=1S/C14H10BrClINO/c15-10-3-6-13(17)12(7-10)14(19)18-11-4-1-9(8-16)2-5-11/h1-7H,8H2,(H,18,19). The van der Waals surface area contributed by atoms with E-state index in [1.165, 1.54) is 0 Å². The molecule has 5 heteroatoms. The largest absolute Gasteiger partial charge is 0.322 e. The normalized spacial score (nSPS) is 10.3. The van der Waals surface area contributed by atoms with Gasteiger partial charge in [-0.2, -0.15) is 0 Å². The number of rotatable bonds is 3. The van der Waals surface area contributed by atoms with Crippen LogP contribution in [0, 0.1) is 3.57 Å². The zero-order valence-corrected chi connectivity index (χ0v) is 14.3. The fourth-order valence-electron chi connectivity index (χ4n) is 1.55. The Hall–Kier alpha value is -0.590. The summed E-state index contributed by atoms with van der Waals surface area (Å²) in [5.74, 6) is 0.349. The number of carbonyl (C=O) groups excluding carboxylic acids is 1. The second-order valence-corrected chi connectivity index (χ2v) is 6.25. The third-order valence-electron chi connectivity index (χ3n) is 2.54. The summed E-state index contributed by atoms with van der Waals surface area (Å²) >= 11 is 11.2. The number of nitrogens with one attached hydrogen (secondary N) is 1. The molecule has 0 bridgehead atoms. The number of anilines is 1. The van der Waals surface area contributed by atoms with Crippen LogP contribution >= 0.6 is 50.1 Å². The van der Waals surface area contributed by atoms with Gasteiger partial charge in [0.15, 0.2) is 0 Å². The van der Waals surface area contributed by atoms with Gasteiger partial charge in [-0.3, -0.25) is 4.79 Å². The highest BCUT2D eigenvalue weighted by Gasteiger charge is 2.10. The van der Waals surface area contributed by atoms with Gasteiger partial charge in [0.2, 0.25) is 0 Å². The highest BCUT2D eigenvalue weighted by Crippen LogP contribution is 2.20. The van der Waals surface area contributed by atoms with E-state index in [2.05, 4.69) is 43.8 Å². The SMILES string of the molecule is O=C(Nc1ccc(CCl)cc1)c1cc(Br)ccc1I. The van der Waals surface area contributed by atoms with Crippen LogP contribution in [0.1, 0.15) is 15.9 Å². The molecule has 2 rings (SSSR count). The lowest BCUT2D eigenvalue weighted by Gasteiger charge is -2.08. The lowest BCUT2D eigenvalue weighted by Crippen LogP contribution is -2.13. The van der Waals surface area contributed by atoms with Crippen molar-refractivity contribution in [3.8, 4) is 0 Å². The van der Waals surface area contributed by atoms with Crippen LogP contribution in [0.3, 0.4) is 0 Å². The highest BCUT2D eigenvalue weighted by atomic mass is 127. The van der Waals surface area contributed by atoms with E-state index in [1.54, 1.807) is 0 Å². The first-order chi connectivity index (χ1) is 9.10. The summed E-state index contributed by atoms with van der Waals surface area (Å²) in [6.45, 7) is 0. The van der Waals surface area contributed by atoms with Gasteiger partial charge >= 0.3 is 0 Å². The van der Waals surface area contributed by atoms with Gasteiger partial charge in [0.25, 0.3) is 5.91 Å². The summed E-state index contributed by atoms with van der Waals surface area (Å²) in [6.07, 6.45) is 0. The molecule has 0 aliphatic carbocycles. The van der Waals surface area contributed by atoms with Crippen molar-refractivity contribution in [2.75, 3.05) is 5.32 Å². The number of carbonyl (C=O) groups is 1. The summed E-state index contributed by atoms with van der Waals surface area (Å²) < 4.78 is 1.80. The molecule has 0 heterocycles. The number of hydrogen-bond donors (Lipinski definition) is 1. The van der Waals surface area contributed by atoms with E-state index in [0.717, 1.165) is 19.3 Å². The Balaban J connectivity index is 2.18. The zero-order chi connectivity index (χ0) is 13.8. The Labute approximate surface area is 138 Å². The van der Waals surface area contributed by atoms with Gasteiger partial charge in [0.1, 0.15) is 0 Å². The first kappa shape index (κ1) is 14.8. The summed E-state index contributed by atoms with van der Waals surface area (Å²) in [7, 11) is 0. The molecule has 0 atom stereocenters. The predicted octanol–water partition coefficient (Wildman–Crippen LogP) is 5.04. The molecular weight excluding hydrogens is 440 g/mol. The second-order valence-electron chi connectivity index (χ2n) is 3.91. The first-order valence-corrected chi connectivity index (χ1v) is 7.92. The van der Waals surface area contributed by atoms with E-state index in [1.807, 2.05) is 42.5 Å². The molecule has 1 N–H and O–H groups in total. The van der Waals surface area contributed by atoms with Crippen LogP contribution < -0.4 is 5.32 Å². The van der Waals surface area contributed by atoms with Crippen molar-refractivity contribution in [1.82, 2.24) is 0 Å². The maximum absolute atomic E-state index is 12.2. The number of amides is 1. The quantitative estimate of drug-likeness (QED) is 0.515. The minimum absolute atomic E-state index is 0.121. The van der Waals surface area contributed by atoms with Crippen molar-refractivity contribution in [3.63, 3.8) is 0 Å². The molecule has 1 amide bonds. The van der Waals surface area contributed by atoms with Crippen LogP contribution in [0.15, 0.2) is 46.9 Å². The minimum atomic E-state index is -0.121. The Kier molecular flexibility index (Phi) is 5.24. The maximum atomic E-state index is 12.2. The number of hydrogen-bond acceptors (Lipinski definition) is 1. The average molecular weight is 451 g/mol. The molecule has 2 aromatic carbocycles. The molecule has 0 spiro atoms. The molecule has 2 aromatic rings. The average Bonchev–Trinajstić information content (AvgIpc) is 2.42. The summed E-state index contributed by atoms with van der Waals surface area (Å²) in [5.41, 5.74) is 2.43. The molecule has 0 aliphatic rings. The van der Waals surface area contributed by atoms with Gasteiger partial charge < -0.3 is 5.32 Å². The van der Waals surface area contributed by atoms with E-state index in [-0.39, 0.29) is 5.91 Å². The van der Waals surface area contributed by atoms with Gasteiger partial charge in [-0.15, -0.1) is 11.6 Å². The Bertz CT molecular complexity index is 601. The van der Waals surface area contributed by atoms with Crippen LogP contribution in [0.25, 0.3) is 0 Å². The molecule has 2 nitrogen and oxygen atoms in total. The molecule has 19 heavy (non-hydrogen) atoms. The van der Waals surface area contributed by atoms with Crippen molar-refractivity contribution >= 4 is 61.7 Å². The molecule has 98 valence electrons. The van der Waals surface area contributed by atoms with Gasteiger partial charge in [-0.05, 0) is 58.5 Å². The van der Waals surface area contributed by atoms with Crippen molar-refractivity contribution in [2.24, 2.45) is 0 Å². The van der Waals surface area contributed by atoms with E-state index in [0.29, 0.717) is 11.4 Å². The van der Waals surface area contributed by atoms with Crippen LogP contribution in [0.5, 0.6) is 0 Å². The van der Waals surface area contributed by atoms with Crippen molar-refractivity contribution in [2.45, 2.75) is 5.88 Å². The molecule has 0 saturated carbocycles. The molecule has 0 saturated heterocycles. The van der Waals surface area contributed by atoms with Crippen LogP contribution in [-0.4, -0.2) is 5.91 Å². The first-order valence-electron chi connectivity index (χ1n) is 5.51. The van der Waals surface area contributed by atoms with Crippen molar-refractivity contribution in [3.05, 3.63) is 61.6 Å². The van der Waals surface area contributed by atoms with Gasteiger partial charge in [0, 0.05) is 19.6 Å². The third-order valence-corrected chi connectivity index (χ3v) is 4.28. The van der Waals surface area contributed by atoms with E-state index in [9.17, 15) is 4.79 Å². The Morgan fingerprint density at radius 2 is 1.89 bits per heavy atom. The molecular formula is C14H10BrClINO. The number of halogens is 3. The second kappa shape index (κ2) is 6.72. The van der Waals surface area contributed by atoms with E-state index < -0.39 is 0 Å². The highest BCUT2D eigenvalue weighted by molar-refractivity contribution is 14.1. The Morgan fingerprint density at radius 3 is 2.53 bits per heavy atom. The van der Waals surface area contributed by atoms with Crippen LogP contribution in [0.4, 0.5) is 5.69 Å². The van der Waals surface area contributed by atoms with Gasteiger partial charge in [0.05, 0.1) is 5.56 Å².